The first-order valence-electron chi connectivity index (χ1n) is 7.98. The Hall–Kier alpha value is -2.01. The molecule has 5 heteroatoms. The maximum Gasteiger partial charge on any atom is 0.180 e. The molecule has 0 amide bonds. The molecular formula is C17H22N4O. The van der Waals surface area contributed by atoms with Crippen molar-refractivity contribution in [1.82, 2.24) is 15.0 Å². The van der Waals surface area contributed by atoms with E-state index in [0.29, 0.717) is 18.4 Å². The number of anilines is 1. The zero-order valence-electron chi connectivity index (χ0n) is 12.9. The van der Waals surface area contributed by atoms with Crippen molar-refractivity contribution in [3.05, 3.63) is 36.2 Å². The van der Waals surface area contributed by atoms with Gasteiger partial charge in [0.15, 0.2) is 5.82 Å². The Labute approximate surface area is 131 Å². The lowest BCUT2D eigenvalue weighted by Gasteiger charge is -2.38. The molecule has 1 aliphatic rings. The monoisotopic (exact) mass is 298 g/mol. The third kappa shape index (κ3) is 3.09. The molecule has 2 aromatic rings. The molecule has 3 rings (SSSR count). The maximum absolute atomic E-state index is 9.38. The fraction of sp³-hybridized carbons (Fsp3) is 0.471. The van der Waals surface area contributed by atoms with Crippen LogP contribution in [0.3, 0.4) is 0 Å². The van der Waals surface area contributed by atoms with Gasteiger partial charge in [0, 0.05) is 30.5 Å². The minimum absolute atomic E-state index is 0.140. The highest BCUT2D eigenvalue weighted by Crippen LogP contribution is 2.29. The van der Waals surface area contributed by atoms with Gasteiger partial charge in [-0.15, -0.1) is 0 Å². The van der Waals surface area contributed by atoms with E-state index in [4.69, 9.17) is 4.98 Å². The van der Waals surface area contributed by atoms with Crippen molar-refractivity contribution in [3.8, 4) is 11.5 Å². The van der Waals surface area contributed by atoms with Crippen LogP contribution in [0.25, 0.3) is 11.5 Å². The number of aromatic nitrogens is 3. The van der Waals surface area contributed by atoms with Crippen LogP contribution in [0.5, 0.6) is 0 Å². The van der Waals surface area contributed by atoms with Gasteiger partial charge in [-0.2, -0.15) is 0 Å². The van der Waals surface area contributed by atoms with Gasteiger partial charge in [0.1, 0.15) is 11.5 Å². The van der Waals surface area contributed by atoms with Crippen molar-refractivity contribution in [2.24, 2.45) is 0 Å². The van der Waals surface area contributed by atoms with Crippen molar-refractivity contribution in [2.45, 2.75) is 38.6 Å². The summed E-state index contributed by atoms with van der Waals surface area (Å²) in [5, 5.41) is 9.38. The van der Waals surface area contributed by atoms with E-state index in [-0.39, 0.29) is 6.61 Å². The summed E-state index contributed by atoms with van der Waals surface area (Å²) in [4.78, 5) is 15.9. The molecule has 2 aromatic heterocycles. The first-order valence-corrected chi connectivity index (χ1v) is 7.98. The molecule has 0 bridgehead atoms. The lowest BCUT2D eigenvalue weighted by atomic mass is 9.91. The van der Waals surface area contributed by atoms with Gasteiger partial charge in [0.05, 0.1) is 6.61 Å². The Bertz CT molecular complexity index is 613. The summed E-state index contributed by atoms with van der Waals surface area (Å²) in [6, 6.07) is 8.30. The molecule has 1 aliphatic carbocycles. The summed E-state index contributed by atoms with van der Waals surface area (Å²) >= 11 is 0. The second kappa shape index (κ2) is 6.83. The summed E-state index contributed by atoms with van der Waals surface area (Å²) in [7, 11) is 0. The van der Waals surface area contributed by atoms with Crippen LogP contribution < -0.4 is 4.90 Å². The number of aliphatic hydroxyl groups is 1. The van der Waals surface area contributed by atoms with E-state index < -0.39 is 0 Å². The molecule has 1 N–H and O–H groups in total. The normalized spacial score (nSPS) is 14.6. The summed E-state index contributed by atoms with van der Waals surface area (Å²) in [5.41, 5.74) is 1.80. The Balaban J connectivity index is 1.99. The molecule has 0 radical (unpaired) electrons. The average molecular weight is 298 g/mol. The third-order valence-corrected chi connectivity index (χ3v) is 4.17. The topological polar surface area (TPSA) is 62.1 Å². The molecule has 5 nitrogen and oxygen atoms in total. The quantitative estimate of drug-likeness (QED) is 0.887. The predicted octanol–water partition coefficient (Wildman–Crippen LogP) is 2.45. The number of hydrogen-bond acceptors (Lipinski definition) is 5. The Morgan fingerprint density at radius 1 is 1.27 bits per heavy atom. The van der Waals surface area contributed by atoms with Crippen LogP contribution in [-0.4, -0.2) is 39.3 Å². The molecule has 0 unspecified atom stereocenters. The average Bonchev–Trinajstić information content (AvgIpc) is 2.53. The minimum Gasteiger partial charge on any atom is -0.395 e. The highest BCUT2D eigenvalue weighted by Gasteiger charge is 2.26. The summed E-state index contributed by atoms with van der Waals surface area (Å²) in [6.45, 7) is 2.85. The van der Waals surface area contributed by atoms with Crippen LogP contribution in [0.2, 0.25) is 0 Å². The Kier molecular flexibility index (Phi) is 4.63. The lowest BCUT2D eigenvalue weighted by Crippen LogP contribution is -2.42. The Morgan fingerprint density at radius 2 is 2.14 bits per heavy atom. The predicted molar refractivity (Wildman–Crippen MR) is 86.7 cm³/mol. The molecule has 22 heavy (non-hydrogen) atoms. The van der Waals surface area contributed by atoms with E-state index in [1.807, 2.05) is 24.3 Å². The fourth-order valence-corrected chi connectivity index (χ4v) is 2.71. The molecule has 0 aromatic carbocycles. The van der Waals surface area contributed by atoms with E-state index in [1.165, 1.54) is 19.3 Å². The van der Waals surface area contributed by atoms with Crippen molar-refractivity contribution in [3.63, 3.8) is 0 Å². The van der Waals surface area contributed by atoms with Gasteiger partial charge < -0.3 is 10.0 Å². The number of pyridine rings is 1. The lowest BCUT2D eigenvalue weighted by molar-refractivity contribution is 0.283. The smallest absolute Gasteiger partial charge is 0.180 e. The zero-order valence-corrected chi connectivity index (χ0v) is 12.9. The highest BCUT2D eigenvalue weighted by molar-refractivity contribution is 5.54. The van der Waals surface area contributed by atoms with Crippen molar-refractivity contribution < 1.29 is 5.11 Å². The number of rotatable bonds is 6. The largest absolute Gasteiger partial charge is 0.395 e. The first kappa shape index (κ1) is 14.9. The molecule has 2 heterocycles. The maximum atomic E-state index is 9.38. The van der Waals surface area contributed by atoms with Crippen LogP contribution in [-0.2, 0) is 6.42 Å². The van der Waals surface area contributed by atoms with Gasteiger partial charge in [-0.05, 0) is 37.8 Å². The third-order valence-electron chi connectivity index (χ3n) is 4.17. The van der Waals surface area contributed by atoms with Crippen LogP contribution in [0.15, 0.2) is 30.5 Å². The molecule has 0 saturated heterocycles. The highest BCUT2D eigenvalue weighted by atomic mass is 16.3. The van der Waals surface area contributed by atoms with Gasteiger partial charge in [0.2, 0.25) is 0 Å². The standard InChI is InChI=1S/C17H22N4O/c1-2-13-12-16(21(10-11-22)14-6-5-7-14)20-17(19-13)15-8-3-4-9-18-15/h3-4,8-9,12,14,22H,2,5-7,10-11H2,1H3. The number of aryl methyl sites for hydroxylation is 1. The fourth-order valence-electron chi connectivity index (χ4n) is 2.71. The molecule has 0 aliphatic heterocycles. The second-order valence-electron chi connectivity index (χ2n) is 5.61. The van der Waals surface area contributed by atoms with Crippen LogP contribution in [0.4, 0.5) is 5.82 Å². The van der Waals surface area contributed by atoms with Crippen molar-refractivity contribution in [1.29, 1.82) is 0 Å². The van der Waals surface area contributed by atoms with E-state index in [9.17, 15) is 5.11 Å². The molecule has 1 fully saturated rings. The minimum atomic E-state index is 0.140. The van der Waals surface area contributed by atoms with Gasteiger partial charge >= 0.3 is 0 Å². The van der Waals surface area contributed by atoms with E-state index in [0.717, 1.165) is 23.6 Å². The van der Waals surface area contributed by atoms with Gasteiger partial charge in [-0.25, -0.2) is 9.97 Å². The van der Waals surface area contributed by atoms with Gasteiger partial charge in [-0.1, -0.05) is 13.0 Å². The van der Waals surface area contributed by atoms with E-state index >= 15 is 0 Å². The van der Waals surface area contributed by atoms with Crippen LogP contribution in [0.1, 0.15) is 31.9 Å². The number of aliphatic hydroxyl groups excluding tert-OH is 1. The molecule has 0 spiro atoms. The SMILES string of the molecule is CCc1cc(N(CCO)C2CCC2)nc(-c2ccccn2)n1. The first-order chi connectivity index (χ1) is 10.8. The van der Waals surface area contributed by atoms with Crippen molar-refractivity contribution in [2.75, 3.05) is 18.1 Å². The summed E-state index contributed by atoms with van der Waals surface area (Å²) in [5.74, 6) is 1.57. The van der Waals surface area contributed by atoms with Gasteiger partial charge in [-0.3, -0.25) is 4.98 Å². The second-order valence-corrected chi connectivity index (χ2v) is 5.61. The van der Waals surface area contributed by atoms with Crippen molar-refractivity contribution >= 4 is 5.82 Å². The summed E-state index contributed by atoms with van der Waals surface area (Å²) in [6.07, 6.45) is 6.21. The van der Waals surface area contributed by atoms with E-state index in [1.54, 1.807) is 6.20 Å². The Morgan fingerprint density at radius 3 is 2.73 bits per heavy atom. The molecule has 116 valence electrons. The zero-order chi connectivity index (χ0) is 15.4. The van der Waals surface area contributed by atoms with Crippen LogP contribution in [0, 0.1) is 0 Å². The summed E-state index contributed by atoms with van der Waals surface area (Å²) < 4.78 is 0. The molecule has 0 atom stereocenters. The van der Waals surface area contributed by atoms with Gasteiger partial charge in [0.25, 0.3) is 0 Å². The van der Waals surface area contributed by atoms with Crippen LogP contribution >= 0.6 is 0 Å². The number of hydrogen-bond donors (Lipinski definition) is 1. The molecule has 1 saturated carbocycles. The van der Waals surface area contributed by atoms with E-state index in [2.05, 4.69) is 21.8 Å². The molecular weight excluding hydrogens is 276 g/mol. The number of nitrogens with zero attached hydrogens (tertiary/aromatic N) is 4.